The van der Waals surface area contributed by atoms with Gasteiger partial charge in [0.25, 0.3) is 0 Å². The average Bonchev–Trinajstić information content (AvgIpc) is 2.49. The van der Waals surface area contributed by atoms with Crippen molar-refractivity contribution >= 4 is 0 Å². The third-order valence-corrected chi connectivity index (χ3v) is 4.92. The lowest BCUT2D eigenvalue weighted by atomic mass is 9.92. The Balaban J connectivity index is 5.47. The van der Waals surface area contributed by atoms with Crippen LogP contribution in [-0.4, -0.2) is 11.2 Å². The fourth-order valence-corrected chi connectivity index (χ4v) is 2.43. The van der Waals surface area contributed by atoms with Crippen LogP contribution in [0.25, 0.3) is 0 Å². The molecule has 0 rings (SSSR count). The molecule has 130 valence electrons. The highest BCUT2D eigenvalue weighted by Crippen LogP contribution is 2.24. The molecule has 0 fully saturated rings. The van der Waals surface area contributed by atoms with Crippen molar-refractivity contribution in [2.75, 3.05) is 0 Å². The van der Waals surface area contributed by atoms with Gasteiger partial charge in [0.2, 0.25) is 0 Å². The molecule has 0 radical (unpaired) electrons. The quantitative estimate of drug-likeness (QED) is 0.519. The Morgan fingerprint density at radius 3 is 1.83 bits per heavy atom. The summed E-state index contributed by atoms with van der Waals surface area (Å²) in [7, 11) is 0. The van der Waals surface area contributed by atoms with Gasteiger partial charge in [-0.3, -0.25) is 0 Å². The molecule has 0 aromatic carbocycles. The van der Waals surface area contributed by atoms with Gasteiger partial charge in [0.15, 0.2) is 0 Å². The van der Waals surface area contributed by atoms with Crippen LogP contribution in [0.2, 0.25) is 0 Å². The molecular weight excluding hydrogens is 280 g/mol. The number of aliphatic hydroxyl groups excluding tert-OH is 1. The highest BCUT2D eigenvalue weighted by atomic mass is 16.3. The van der Waals surface area contributed by atoms with Crippen LogP contribution in [0.3, 0.4) is 0 Å². The van der Waals surface area contributed by atoms with Crippen LogP contribution in [0.1, 0.15) is 75.2 Å². The predicted octanol–water partition coefficient (Wildman–Crippen LogP) is 6.68. The zero-order valence-corrected chi connectivity index (χ0v) is 16.7. The minimum Gasteiger partial charge on any atom is -0.388 e. The van der Waals surface area contributed by atoms with E-state index in [1.807, 2.05) is 6.92 Å². The Kier molecular flexibility index (Phi) is 9.16. The van der Waals surface area contributed by atoms with Gasteiger partial charge in [-0.25, -0.2) is 0 Å². The first-order valence-corrected chi connectivity index (χ1v) is 8.55. The highest BCUT2D eigenvalue weighted by molar-refractivity contribution is 5.38. The summed E-state index contributed by atoms with van der Waals surface area (Å²) >= 11 is 0. The van der Waals surface area contributed by atoms with E-state index in [2.05, 4.69) is 68.0 Å². The molecule has 0 aromatic rings. The largest absolute Gasteiger partial charge is 0.388 e. The second kappa shape index (κ2) is 9.72. The van der Waals surface area contributed by atoms with Crippen LogP contribution >= 0.6 is 0 Å². The molecule has 1 N–H and O–H groups in total. The molecule has 0 amide bonds. The molecule has 0 bridgehead atoms. The van der Waals surface area contributed by atoms with Crippen molar-refractivity contribution in [3.05, 3.63) is 57.2 Å². The fraction of sp³-hybridized carbons (Fsp3) is 0.545. The van der Waals surface area contributed by atoms with Crippen molar-refractivity contribution in [3.63, 3.8) is 0 Å². The van der Waals surface area contributed by atoms with E-state index in [4.69, 9.17) is 0 Å². The topological polar surface area (TPSA) is 20.2 Å². The van der Waals surface area contributed by atoms with Gasteiger partial charge in [0, 0.05) is 0 Å². The Morgan fingerprint density at radius 1 is 0.913 bits per heavy atom. The van der Waals surface area contributed by atoms with Gasteiger partial charge in [-0.2, -0.15) is 0 Å². The van der Waals surface area contributed by atoms with Gasteiger partial charge in [0.1, 0.15) is 0 Å². The van der Waals surface area contributed by atoms with Gasteiger partial charge < -0.3 is 5.11 Å². The van der Waals surface area contributed by atoms with Crippen molar-refractivity contribution < 1.29 is 5.11 Å². The van der Waals surface area contributed by atoms with Gasteiger partial charge in [0.05, 0.1) is 6.10 Å². The Labute approximate surface area is 144 Å². The standard InChI is InChI=1S/C22H36O/c1-11-21(12-16(6)18(8)14(2)3)22(23)13-17(7)20(10)19(9)15(4)5/h12,22-23H,2,11,13H2,1,3-10H3/b18-16-,20-17-,21-12+. The summed E-state index contributed by atoms with van der Waals surface area (Å²) in [6.45, 7) is 23.0. The van der Waals surface area contributed by atoms with Crippen LogP contribution < -0.4 is 0 Å². The first kappa shape index (κ1) is 21.7. The van der Waals surface area contributed by atoms with Crippen LogP contribution in [0.4, 0.5) is 0 Å². The predicted molar refractivity (Wildman–Crippen MR) is 105 cm³/mol. The molecule has 1 heteroatoms. The van der Waals surface area contributed by atoms with E-state index in [9.17, 15) is 5.11 Å². The summed E-state index contributed by atoms with van der Waals surface area (Å²) in [4.78, 5) is 0. The number of rotatable bonds is 7. The second-order valence-corrected chi connectivity index (χ2v) is 6.91. The molecule has 0 aliphatic carbocycles. The average molecular weight is 317 g/mol. The molecule has 23 heavy (non-hydrogen) atoms. The number of aliphatic hydroxyl groups is 1. The lowest BCUT2D eigenvalue weighted by Gasteiger charge is -2.18. The molecule has 0 heterocycles. The molecule has 1 nitrogen and oxygen atoms in total. The van der Waals surface area contributed by atoms with E-state index in [1.165, 1.54) is 33.4 Å². The van der Waals surface area contributed by atoms with Crippen molar-refractivity contribution in [1.82, 2.24) is 0 Å². The van der Waals surface area contributed by atoms with Crippen molar-refractivity contribution in [2.45, 2.75) is 81.3 Å². The number of hydrogen-bond donors (Lipinski definition) is 1. The van der Waals surface area contributed by atoms with E-state index in [0.717, 1.165) is 17.6 Å². The SMILES string of the molecule is C=C(C)/C(C)=C(C)\C=C(/CC)C(O)C/C(C)=C(/C)C(C)=C(C)C. The Morgan fingerprint density at radius 2 is 1.43 bits per heavy atom. The molecule has 1 atom stereocenters. The molecule has 0 aliphatic heterocycles. The second-order valence-electron chi connectivity index (χ2n) is 6.91. The summed E-state index contributed by atoms with van der Waals surface area (Å²) in [5, 5.41) is 10.7. The fourth-order valence-electron chi connectivity index (χ4n) is 2.43. The van der Waals surface area contributed by atoms with E-state index in [1.54, 1.807) is 0 Å². The first-order valence-electron chi connectivity index (χ1n) is 8.55. The smallest absolute Gasteiger partial charge is 0.0790 e. The number of hydrogen-bond acceptors (Lipinski definition) is 1. The van der Waals surface area contributed by atoms with Crippen LogP contribution in [0.5, 0.6) is 0 Å². The normalized spacial score (nSPS) is 15.7. The molecule has 0 saturated carbocycles. The van der Waals surface area contributed by atoms with Gasteiger partial charge in [-0.05, 0) is 96.1 Å². The summed E-state index contributed by atoms with van der Waals surface area (Å²) in [6.07, 6.45) is 3.25. The molecule has 0 saturated heterocycles. The lowest BCUT2D eigenvalue weighted by Crippen LogP contribution is -2.11. The lowest BCUT2D eigenvalue weighted by molar-refractivity contribution is 0.207. The van der Waals surface area contributed by atoms with E-state index < -0.39 is 6.10 Å². The monoisotopic (exact) mass is 316 g/mol. The van der Waals surface area contributed by atoms with E-state index >= 15 is 0 Å². The maximum Gasteiger partial charge on any atom is 0.0790 e. The van der Waals surface area contributed by atoms with Crippen LogP contribution in [-0.2, 0) is 0 Å². The number of allylic oxidation sites excluding steroid dienone is 7. The Hall–Kier alpha value is -1.34. The Bertz CT molecular complexity index is 561. The van der Waals surface area contributed by atoms with Crippen LogP contribution in [0.15, 0.2) is 57.2 Å². The van der Waals surface area contributed by atoms with E-state index in [0.29, 0.717) is 6.42 Å². The van der Waals surface area contributed by atoms with Gasteiger partial charge in [-0.15, -0.1) is 0 Å². The van der Waals surface area contributed by atoms with Crippen molar-refractivity contribution in [1.29, 1.82) is 0 Å². The summed E-state index contributed by atoms with van der Waals surface area (Å²) in [6, 6.07) is 0. The molecule has 0 aromatic heterocycles. The molecule has 0 spiro atoms. The summed E-state index contributed by atoms with van der Waals surface area (Å²) in [5.41, 5.74) is 9.77. The summed E-state index contributed by atoms with van der Waals surface area (Å²) < 4.78 is 0. The summed E-state index contributed by atoms with van der Waals surface area (Å²) in [5.74, 6) is 0. The van der Waals surface area contributed by atoms with Gasteiger partial charge in [-0.1, -0.05) is 36.3 Å². The molecule has 0 aliphatic rings. The first-order chi connectivity index (χ1) is 10.5. The zero-order chi connectivity index (χ0) is 18.3. The van der Waals surface area contributed by atoms with Crippen molar-refractivity contribution in [3.8, 4) is 0 Å². The molecule has 1 unspecified atom stereocenters. The maximum atomic E-state index is 10.7. The van der Waals surface area contributed by atoms with Crippen molar-refractivity contribution in [2.24, 2.45) is 0 Å². The zero-order valence-electron chi connectivity index (χ0n) is 16.7. The van der Waals surface area contributed by atoms with Gasteiger partial charge >= 0.3 is 0 Å². The third-order valence-electron chi connectivity index (χ3n) is 4.92. The third kappa shape index (κ3) is 6.74. The highest BCUT2D eigenvalue weighted by Gasteiger charge is 2.12. The minimum atomic E-state index is -0.423. The van der Waals surface area contributed by atoms with E-state index in [-0.39, 0.29) is 0 Å². The maximum absolute atomic E-state index is 10.7. The van der Waals surface area contributed by atoms with Crippen LogP contribution in [0, 0.1) is 0 Å². The minimum absolute atomic E-state index is 0.423. The molecular formula is C22H36O.